The maximum Gasteiger partial charge on any atom is 0.185 e. The van der Waals surface area contributed by atoms with Gasteiger partial charge in [-0.15, -0.1) is 11.3 Å². The lowest BCUT2D eigenvalue weighted by Crippen LogP contribution is -2.32. The van der Waals surface area contributed by atoms with E-state index in [-0.39, 0.29) is 0 Å². The number of thiazole rings is 1. The molecular formula is C12H21N3S. The Hall–Kier alpha value is -0.610. The molecule has 4 heteroatoms. The summed E-state index contributed by atoms with van der Waals surface area (Å²) in [6.45, 7) is 4.24. The van der Waals surface area contributed by atoms with Crippen molar-refractivity contribution in [3.63, 3.8) is 0 Å². The van der Waals surface area contributed by atoms with Gasteiger partial charge in [0, 0.05) is 30.2 Å². The van der Waals surface area contributed by atoms with Gasteiger partial charge in [0.05, 0.1) is 0 Å². The lowest BCUT2D eigenvalue weighted by Gasteiger charge is -2.26. The molecule has 16 heavy (non-hydrogen) atoms. The molecule has 0 aliphatic heterocycles. The number of rotatable bonds is 5. The summed E-state index contributed by atoms with van der Waals surface area (Å²) in [6, 6.07) is 0.735. The van der Waals surface area contributed by atoms with Crippen LogP contribution in [0.4, 0.5) is 5.13 Å². The first-order chi connectivity index (χ1) is 7.85. The molecule has 1 heterocycles. The minimum absolute atomic E-state index is 0.735. The summed E-state index contributed by atoms with van der Waals surface area (Å²) >= 11 is 1.83. The molecule has 1 N–H and O–H groups in total. The molecule has 1 aromatic rings. The number of hydrogen-bond donors (Lipinski definition) is 1. The predicted molar refractivity (Wildman–Crippen MR) is 70.2 cm³/mol. The molecule has 0 unspecified atom stereocenters. The average Bonchev–Trinajstić information content (AvgIpc) is 2.92. The van der Waals surface area contributed by atoms with Gasteiger partial charge in [-0.3, -0.25) is 0 Å². The van der Waals surface area contributed by atoms with Gasteiger partial charge in [-0.05, 0) is 26.8 Å². The van der Waals surface area contributed by atoms with Crippen LogP contribution in [0, 0.1) is 0 Å². The van der Waals surface area contributed by atoms with Gasteiger partial charge in [0.15, 0.2) is 5.13 Å². The molecular weight excluding hydrogens is 218 g/mol. The van der Waals surface area contributed by atoms with E-state index in [1.54, 1.807) is 0 Å². The van der Waals surface area contributed by atoms with Gasteiger partial charge >= 0.3 is 0 Å². The van der Waals surface area contributed by atoms with Crippen LogP contribution in [0.25, 0.3) is 0 Å². The van der Waals surface area contributed by atoms with E-state index in [1.165, 1.54) is 35.7 Å². The fraction of sp³-hybridized carbons (Fsp3) is 0.750. The number of nitrogens with zero attached hydrogens (tertiary/aromatic N) is 2. The molecule has 1 saturated carbocycles. The van der Waals surface area contributed by atoms with Gasteiger partial charge in [-0.25, -0.2) is 4.98 Å². The molecule has 3 nitrogen and oxygen atoms in total. The van der Waals surface area contributed by atoms with Gasteiger partial charge in [-0.1, -0.05) is 12.8 Å². The highest BCUT2D eigenvalue weighted by molar-refractivity contribution is 7.15. The third-order valence-electron chi connectivity index (χ3n) is 3.24. The molecule has 2 rings (SSSR count). The van der Waals surface area contributed by atoms with Crippen molar-refractivity contribution < 1.29 is 0 Å². The fourth-order valence-electron chi connectivity index (χ4n) is 2.45. The van der Waals surface area contributed by atoms with Crippen molar-refractivity contribution in [3.8, 4) is 0 Å². The minimum Gasteiger partial charge on any atom is -0.345 e. The van der Waals surface area contributed by atoms with E-state index in [4.69, 9.17) is 0 Å². The summed E-state index contributed by atoms with van der Waals surface area (Å²) < 4.78 is 0. The number of aromatic nitrogens is 1. The zero-order valence-electron chi connectivity index (χ0n) is 10.2. The Bertz CT molecular complexity index is 318. The highest BCUT2D eigenvalue weighted by Crippen LogP contribution is 2.30. The number of hydrogen-bond acceptors (Lipinski definition) is 4. The van der Waals surface area contributed by atoms with Crippen molar-refractivity contribution in [1.82, 2.24) is 10.3 Å². The second-order valence-electron chi connectivity index (χ2n) is 4.36. The first-order valence-electron chi connectivity index (χ1n) is 6.21. The third-order valence-corrected chi connectivity index (χ3v) is 4.28. The Labute approximate surface area is 102 Å². The zero-order valence-corrected chi connectivity index (χ0v) is 11.0. The van der Waals surface area contributed by atoms with Crippen LogP contribution < -0.4 is 10.2 Å². The SMILES string of the molecule is CCN(c1ncc(CNC)s1)C1CCCC1. The van der Waals surface area contributed by atoms with Crippen LogP contribution >= 0.6 is 11.3 Å². The Kier molecular flexibility index (Phi) is 4.18. The fourth-order valence-corrected chi connectivity index (χ4v) is 3.51. The molecule has 1 aliphatic rings. The van der Waals surface area contributed by atoms with Gasteiger partial charge in [0.2, 0.25) is 0 Å². The van der Waals surface area contributed by atoms with E-state index in [2.05, 4.69) is 22.1 Å². The Balaban J connectivity index is 2.06. The monoisotopic (exact) mass is 239 g/mol. The van der Waals surface area contributed by atoms with Crippen molar-refractivity contribution >= 4 is 16.5 Å². The summed E-state index contributed by atoms with van der Waals surface area (Å²) in [5.41, 5.74) is 0. The van der Waals surface area contributed by atoms with Gasteiger partial charge in [0.1, 0.15) is 0 Å². The summed E-state index contributed by atoms with van der Waals surface area (Å²) in [7, 11) is 1.98. The Morgan fingerprint density at radius 2 is 2.25 bits per heavy atom. The van der Waals surface area contributed by atoms with E-state index in [0.717, 1.165) is 19.1 Å². The van der Waals surface area contributed by atoms with Gasteiger partial charge in [0.25, 0.3) is 0 Å². The first kappa shape index (κ1) is 11.9. The van der Waals surface area contributed by atoms with E-state index in [1.807, 2.05) is 24.6 Å². The Morgan fingerprint density at radius 3 is 2.88 bits per heavy atom. The normalized spacial score (nSPS) is 16.9. The van der Waals surface area contributed by atoms with E-state index in [0.29, 0.717) is 0 Å². The predicted octanol–water partition coefficient (Wildman–Crippen LogP) is 2.63. The molecule has 0 bridgehead atoms. The van der Waals surface area contributed by atoms with Crippen molar-refractivity contribution in [1.29, 1.82) is 0 Å². The standard InChI is InChI=1S/C12H21N3S/c1-3-15(10-6-4-5-7-10)12-14-9-11(16-12)8-13-2/h9-10,13H,3-8H2,1-2H3. The molecule has 1 fully saturated rings. The molecule has 0 atom stereocenters. The van der Waals surface area contributed by atoms with Crippen LogP contribution in [0.5, 0.6) is 0 Å². The first-order valence-corrected chi connectivity index (χ1v) is 7.02. The molecule has 0 spiro atoms. The minimum atomic E-state index is 0.735. The molecule has 0 saturated heterocycles. The quantitative estimate of drug-likeness (QED) is 0.856. The molecule has 90 valence electrons. The Morgan fingerprint density at radius 1 is 1.50 bits per heavy atom. The molecule has 0 amide bonds. The van der Waals surface area contributed by atoms with Crippen molar-refractivity contribution in [2.75, 3.05) is 18.5 Å². The smallest absolute Gasteiger partial charge is 0.185 e. The topological polar surface area (TPSA) is 28.2 Å². The average molecular weight is 239 g/mol. The summed E-state index contributed by atoms with van der Waals surface area (Å²) in [5.74, 6) is 0. The van der Waals surface area contributed by atoms with Gasteiger partial charge < -0.3 is 10.2 Å². The van der Waals surface area contributed by atoms with E-state index >= 15 is 0 Å². The molecule has 1 aromatic heterocycles. The lowest BCUT2D eigenvalue weighted by atomic mass is 10.2. The van der Waals surface area contributed by atoms with Gasteiger partial charge in [-0.2, -0.15) is 0 Å². The zero-order chi connectivity index (χ0) is 11.4. The summed E-state index contributed by atoms with van der Waals surface area (Å²) in [6.07, 6.45) is 7.46. The largest absolute Gasteiger partial charge is 0.345 e. The van der Waals surface area contributed by atoms with Crippen LogP contribution in [-0.4, -0.2) is 24.6 Å². The highest BCUT2D eigenvalue weighted by Gasteiger charge is 2.23. The van der Waals surface area contributed by atoms with E-state index in [9.17, 15) is 0 Å². The summed E-state index contributed by atoms with van der Waals surface area (Å²) in [5, 5.41) is 4.38. The number of anilines is 1. The second kappa shape index (κ2) is 5.64. The maximum atomic E-state index is 4.56. The maximum absolute atomic E-state index is 4.56. The van der Waals surface area contributed by atoms with Crippen LogP contribution in [0.3, 0.4) is 0 Å². The second-order valence-corrected chi connectivity index (χ2v) is 5.46. The molecule has 0 radical (unpaired) electrons. The number of nitrogens with one attached hydrogen (secondary N) is 1. The van der Waals surface area contributed by atoms with Crippen LogP contribution in [0.2, 0.25) is 0 Å². The van der Waals surface area contributed by atoms with Crippen LogP contribution in [0.15, 0.2) is 6.20 Å². The van der Waals surface area contributed by atoms with Crippen LogP contribution in [0.1, 0.15) is 37.5 Å². The van der Waals surface area contributed by atoms with Crippen molar-refractivity contribution in [3.05, 3.63) is 11.1 Å². The molecule has 0 aromatic carbocycles. The lowest BCUT2D eigenvalue weighted by molar-refractivity contribution is 0.618. The molecule has 1 aliphatic carbocycles. The van der Waals surface area contributed by atoms with Crippen molar-refractivity contribution in [2.45, 2.75) is 45.2 Å². The third kappa shape index (κ3) is 2.55. The van der Waals surface area contributed by atoms with Crippen LogP contribution in [-0.2, 0) is 6.54 Å². The van der Waals surface area contributed by atoms with Crippen molar-refractivity contribution in [2.24, 2.45) is 0 Å². The van der Waals surface area contributed by atoms with E-state index < -0.39 is 0 Å². The highest BCUT2D eigenvalue weighted by atomic mass is 32.1. The summed E-state index contributed by atoms with van der Waals surface area (Å²) in [4.78, 5) is 8.37.